The van der Waals surface area contributed by atoms with E-state index in [-0.39, 0.29) is 17.2 Å². The average Bonchev–Trinajstić information content (AvgIpc) is 2.19. The number of phenols is 2. The Morgan fingerprint density at radius 1 is 0.933 bits per heavy atom. The number of phenolic OH excluding ortho intramolecular Hbond substituents is 2. The molecule has 78 valence electrons. The van der Waals surface area contributed by atoms with E-state index >= 15 is 0 Å². The Kier molecular flexibility index (Phi) is 2.18. The summed E-state index contributed by atoms with van der Waals surface area (Å²) in [7, 11) is 0. The van der Waals surface area contributed by atoms with Crippen molar-refractivity contribution >= 4 is 10.8 Å². The number of nitrogens with zero attached hydrogens (tertiary/aromatic N) is 1. The predicted molar refractivity (Wildman–Crippen MR) is 52.3 cm³/mol. The van der Waals surface area contributed by atoms with E-state index in [1.54, 1.807) is 0 Å². The highest BCUT2D eigenvalue weighted by Crippen LogP contribution is 2.30. The molecule has 0 unspecified atom stereocenters. The standard InChI is InChI=1S/C10H9NO4/c12-8-2-5-1-7(10(14)15)11-4-6(5)3-9(8)13/h1-4,10,12-15H. The van der Waals surface area contributed by atoms with E-state index in [2.05, 4.69) is 4.98 Å². The van der Waals surface area contributed by atoms with E-state index in [0.717, 1.165) is 0 Å². The van der Waals surface area contributed by atoms with Crippen LogP contribution in [0, 0.1) is 0 Å². The molecule has 0 amide bonds. The van der Waals surface area contributed by atoms with E-state index in [0.29, 0.717) is 10.8 Å². The Balaban J connectivity index is 2.66. The van der Waals surface area contributed by atoms with Crippen LogP contribution in [0.2, 0.25) is 0 Å². The number of aromatic hydroxyl groups is 2. The molecule has 0 aliphatic heterocycles. The molecule has 1 aromatic carbocycles. The van der Waals surface area contributed by atoms with Crippen LogP contribution in [0.1, 0.15) is 12.0 Å². The minimum Gasteiger partial charge on any atom is -0.504 e. The van der Waals surface area contributed by atoms with Gasteiger partial charge in [0.25, 0.3) is 0 Å². The van der Waals surface area contributed by atoms with Crippen LogP contribution in [0.3, 0.4) is 0 Å². The minimum absolute atomic E-state index is 0.0904. The molecule has 0 bridgehead atoms. The summed E-state index contributed by atoms with van der Waals surface area (Å²) in [6, 6.07) is 4.11. The lowest BCUT2D eigenvalue weighted by Crippen LogP contribution is -1.97. The minimum atomic E-state index is -1.65. The molecule has 1 aromatic heterocycles. The number of hydrogen-bond acceptors (Lipinski definition) is 5. The predicted octanol–water partition coefficient (Wildman–Crippen LogP) is 0.629. The number of aliphatic hydroxyl groups excluding tert-OH is 1. The molecular weight excluding hydrogens is 198 g/mol. The van der Waals surface area contributed by atoms with Gasteiger partial charge in [-0.05, 0) is 23.6 Å². The summed E-state index contributed by atoms with van der Waals surface area (Å²) < 4.78 is 0. The molecule has 5 nitrogen and oxygen atoms in total. The Hall–Kier alpha value is -1.85. The molecule has 0 atom stereocenters. The van der Waals surface area contributed by atoms with Crippen LogP contribution in [-0.4, -0.2) is 25.4 Å². The van der Waals surface area contributed by atoms with Crippen molar-refractivity contribution in [2.75, 3.05) is 0 Å². The maximum absolute atomic E-state index is 9.25. The van der Waals surface area contributed by atoms with Crippen molar-refractivity contribution in [2.24, 2.45) is 0 Å². The number of hydrogen-bond donors (Lipinski definition) is 4. The SMILES string of the molecule is Oc1cc2cnc(C(O)O)cc2cc1O. The zero-order valence-electron chi connectivity index (χ0n) is 7.62. The first-order valence-electron chi connectivity index (χ1n) is 4.25. The molecule has 0 saturated heterocycles. The molecule has 0 aliphatic rings. The molecule has 0 fully saturated rings. The van der Waals surface area contributed by atoms with Gasteiger partial charge in [-0.1, -0.05) is 0 Å². The lowest BCUT2D eigenvalue weighted by molar-refractivity contribution is -0.0457. The third-order valence-corrected chi connectivity index (χ3v) is 2.10. The van der Waals surface area contributed by atoms with Crippen LogP contribution in [0.5, 0.6) is 11.5 Å². The second kappa shape index (κ2) is 3.38. The average molecular weight is 207 g/mol. The van der Waals surface area contributed by atoms with Gasteiger partial charge >= 0.3 is 0 Å². The number of aromatic nitrogens is 1. The molecule has 15 heavy (non-hydrogen) atoms. The molecule has 2 rings (SSSR count). The van der Waals surface area contributed by atoms with Gasteiger partial charge < -0.3 is 20.4 Å². The van der Waals surface area contributed by atoms with E-state index < -0.39 is 6.29 Å². The molecule has 0 aliphatic carbocycles. The van der Waals surface area contributed by atoms with Crippen molar-refractivity contribution in [1.29, 1.82) is 0 Å². The quantitative estimate of drug-likeness (QED) is 0.406. The van der Waals surface area contributed by atoms with Crippen LogP contribution in [0.25, 0.3) is 10.8 Å². The molecule has 2 aromatic rings. The van der Waals surface area contributed by atoms with Crippen LogP contribution < -0.4 is 0 Å². The third kappa shape index (κ3) is 1.70. The summed E-state index contributed by atoms with van der Waals surface area (Å²) >= 11 is 0. The lowest BCUT2D eigenvalue weighted by Gasteiger charge is -2.05. The molecule has 1 heterocycles. The van der Waals surface area contributed by atoms with Crippen LogP contribution in [0.15, 0.2) is 24.4 Å². The number of benzene rings is 1. The number of fused-ring (bicyclic) bond motifs is 1. The Morgan fingerprint density at radius 3 is 2.13 bits per heavy atom. The highest BCUT2D eigenvalue weighted by atomic mass is 16.5. The summed E-state index contributed by atoms with van der Waals surface area (Å²) in [4.78, 5) is 3.78. The zero-order valence-corrected chi connectivity index (χ0v) is 7.62. The van der Waals surface area contributed by atoms with Crippen molar-refractivity contribution in [3.05, 3.63) is 30.1 Å². The van der Waals surface area contributed by atoms with Crippen molar-refractivity contribution in [2.45, 2.75) is 6.29 Å². The number of rotatable bonds is 1. The first-order chi connectivity index (χ1) is 7.08. The number of aliphatic hydroxyl groups is 2. The van der Waals surface area contributed by atoms with Gasteiger partial charge in [0.1, 0.15) is 0 Å². The summed E-state index contributed by atoms with van der Waals surface area (Å²) in [6.45, 7) is 0. The molecule has 0 spiro atoms. The van der Waals surface area contributed by atoms with Gasteiger partial charge in [-0.15, -0.1) is 0 Å². The fourth-order valence-electron chi connectivity index (χ4n) is 1.33. The van der Waals surface area contributed by atoms with E-state index in [4.69, 9.17) is 10.2 Å². The van der Waals surface area contributed by atoms with Gasteiger partial charge in [-0.3, -0.25) is 4.98 Å². The topological polar surface area (TPSA) is 93.8 Å². The monoisotopic (exact) mass is 207 g/mol. The third-order valence-electron chi connectivity index (χ3n) is 2.10. The Morgan fingerprint density at radius 2 is 1.53 bits per heavy atom. The summed E-state index contributed by atoms with van der Waals surface area (Å²) in [6.07, 6.45) is -0.256. The van der Waals surface area contributed by atoms with Crippen LogP contribution >= 0.6 is 0 Å². The maximum atomic E-state index is 9.25. The van der Waals surface area contributed by atoms with Crippen molar-refractivity contribution in [1.82, 2.24) is 4.98 Å². The molecule has 5 heteroatoms. The van der Waals surface area contributed by atoms with Gasteiger partial charge in [-0.2, -0.15) is 0 Å². The summed E-state index contributed by atoms with van der Waals surface area (Å²) in [5.74, 6) is -0.492. The largest absolute Gasteiger partial charge is 0.504 e. The zero-order chi connectivity index (χ0) is 11.0. The normalized spacial score (nSPS) is 11.1. The second-order valence-corrected chi connectivity index (χ2v) is 3.17. The van der Waals surface area contributed by atoms with Crippen molar-refractivity contribution < 1.29 is 20.4 Å². The van der Waals surface area contributed by atoms with Crippen molar-refractivity contribution in [3.8, 4) is 11.5 Å². The van der Waals surface area contributed by atoms with Gasteiger partial charge in [0, 0.05) is 11.6 Å². The Bertz CT molecular complexity index is 510. The van der Waals surface area contributed by atoms with Gasteiger partial charge in [0.2, 0.25) is 0 Å². The maximum Gasteiger partial charge on any atom is 0.196 e. The summed E-state index contributed by atoms with van der Waals surface area (Å²) in [5, 5.41) is 37.4. The first kappa shape index (κ1) is 9.70. The molecule has 0 radical (unpaired) electrons. The van der Waals surface area contributed by atoms with Crippen LogP contribution in [-0.2, 0) is 0 Å². The van der Waals surface area contributed by atoms with E-state index in [1.807, 2.05) is 0 Å². The van der Waals surface area contributed by atoms with Crippen LogP contribution in [0.4, 0.5) is 0 Å². The molecule has 4 N–H and O–H groups in total. The fraction of sp³-hybridized carbons (Fsp3) is 0.100. The highest BCUT2D eigenvalue weighted by Gasteiger charge is 2.07. The number of pyridine rings is 1. The van der Waals surface area contributed by atoms with E-state index in [9.17, 15) is 10.2 Å². The molecule has 0 saturated carbocycles. The highest BCUT2D eigenvalue weighted by molar-refractivity contribution is 5.85. The van der Waals surface area contributed by atoms with Gasteiger partial charge in [-0.25, -0.2) is 0 Å². The summed E-state index contributed by atoms with van der Waals surface area (Å²) in [5.41, 5.74) is 0.0904. The smallest absolute Gasteiger partial charge is 0.196 e. The van der Waals surface area contributed by atoms with Gasteiger partial charge in [0.15, 0.2) is 17.8 Å². The first-order valence-corrected chi connectivity index (χ1v) is 4.25. The van der Waals surface area contributed by atoms with Gasteiger partial charge in [0.05, 0.1) is 5.69 Å². The fourth-order valence-corrected chi connectivity index (χ4v) is 1.33. The van der Waals surface area contributed by atoms with Crippen molar-refractivity contribution in [3.63, 3.8) is 0 Å². The van der Waals surface area contributed by atoms with E-state index in [1.165, 1.54) is 24.4 Å². The second-order valence-electron chi connectivity index (χ2n) is 3.17. The Labute approximate surface area is 84.9 Å². The lowest BCUT2D eigenvalue weighted by atomic mass is 10.1. The molecular formula is C10H9NO4.